The molecule has 0 saturated carbocycles. The van der Waals surface area contributed by atoms with Crippen molar-refractivity contribution in [3.63, 3.8) is 0 Å². The van der Waals surface area contributed by atoms with Crippen molar-refractivity contribution < 1.29 is 14.3 Å². The van der Waals surface area contributed by atoms with Crippen molar-refractivity contribution in [3.05, 3.63) is 69.0 Å². The number of thiocarbonyl (C=S) groups is 1. The third-order valence-corrected chi connectivity index (χ3v) is 7.13. The van der Waals surface area contributed by atoms with Crippen LogP contribution in [0.4, 0.5) is 5.82 Å². The Balaban J connectivity index is 1.53. The lowest BCUT2D eigenvalue weighted by Crippen LogP contribution is -2.36. The highest BCUT2D eigenvalue weighted by Crippen LogP contribution is 2.35. The number of hydrogen-bond donors (Lipinski definition) is 1. The predicted octanol–water partition coefficient (Wildman–Crippen LogP) is 4.04. The lowest BCUT2D eigenvalue weighted by Gasteiger charge is -2.21. The largest absolute Gasteiger partial charge is 0.454 e. The molecule has 174 valence electrons. The molecule has 1 unspecified atom stereocenters. The third-order valence-electron chi connectivity index (χ3n) is 5.80. The molecule has 34 heavy (non-hydrogen) atoms. The predicted molar refractivity (Wildman–Crippen MR) is 136 cm³/mol. The van der Waals surface area contributed by atoms with E-state index in [0.29, 0.717) is 44.3 Å². The van der Waals surface area contributed by atoms with Crippen LogP contribution in [-0.2, 0) is 11.3 Å². The van der Waals surface area contributed by atoms with E-state index in [1.165, 1.54) is 16.2 Å². The van der Waals surface area contributed by atoms with Gasteiger partial charge in [-0.1, -0.05) is 43.0 Å². The van der Waals surface area contributed by atoms with E-state index in [0.717, 1.165) is 12.0 Å². The molecular formula is C24H22N4O4S2. The quantitative estimate of drug-likeness (QED) is 0.406. The van der Waals surface area contributed by atoms with Gasteiger partial charge in [0.05, 0.1) is 10.5 Å². The Morgan fingerprint density at radius 3 is 2.88 bits per heavy atom. The first kappa shape index (κ1) is 22.4. The number of thioether (sulfide) groups is 1. The van der Waals surface area contributed by atoms with Crippen LogP contribution in [0.3, 0.4) is 0 Å². The van der Waals surface area contributed by atoms with E-state index in [1.807, 2.05) is 38.1 Å². The number of carbonyl (C=O) groups is 1. The fraction of sp³-hybridized carbons (Fsp3) is 0.250. The first-order chi connectivity index (χ1) is 16.5. The van der Waals surface area contributed by atoms with Gasteiger partial charge in [0.1, 0.15) is 15.8 Å². The Kier molecular flexibility index (Phi) is 6.01. The Morgan fingerprint density at radius 2 is 2.06 bits per heavy atom. The molecule has 1 amide bonds. The minimum atomic E-state index is -0.271. The molecule has 4 heterocycles. The van der Waals surface area contributed by atoms with E-state index >= 15 is 0 Å². The zero-order valence-corrected chi connectivity index (χ0v) is 20.2. The highest BCUT2D eigenvalue weighted by atomic mass is 32.2. The van der Waals surface area contributed by atoms with Crippen molar-refractivity contribution in [1.29, 1.82) is 0 Å². The van der Waals surface area contributed by atoms with Crippen molar-refractivity contribution in [1.82, 2.24) is 14.3 Å². The normalized spacial score (nSPS) is 17.1. The minimum Gasteiger partial charge on any atom is -0.454 e. The number of ether oxygens (including phenoxy) is 2. The number of nitrogens with one attached hydrogen (secondary N) is 1. The average Bonchev–Trinajstić information content (AvgIpc) is 3.42. The molecule has 3 aromatic rings. The molecule has 1 saturated heterocycles. The molecule has 0 radical (unpaired) electrons. The van der Waals surface area contributed by atoms with Gasteiger partial charge in [0.25, 0.3) is 11.5 Å². The smallest absolute Gasteiger partial charge is 0.267 e. The van der Waals surface area contributed by atoms with Crippen LogP contribution in [0.15, 0.2) is 52.3 Å². The van der Waals surface area contributed by atoms with E-state index in [1.54, 1.807) is 29.3 Å². The second-order valence-electron chi connectivity index (χ2n) is 7.96. The summed E-state index contributed by atoms with van der Waals surface area (Å²) in [6, 6.07) is 11.0. The highest BCUT2D eigenvalue weighted by molar-refractivity contribution is 8.26. The number of nitrogens with zero attached hydrogens (tertiary/aromatic N) is 3. The second kappa shape index (κ2) is 9.11. The van der Waals surface area contributed by atoms with Crippen LogP contribution in [-0.4, -0.2) is 37.3 Å². The molecule has 1 atom stereocenters. The van der Waals surface area contributed by atoms with E-state index in [-0.39, 0.29) is 24.3 Å². The molecule has 8 nitrogen and oxygen atoms in total. The summed E-state index contributed by atoms with van der Waals surface area (Å²) in [4.78, 5) is 33.1. The lowest BCUT2D eigenvalue weighted by molar-refractivity contribution is -0.123. The fourth-order valence-corrected chi connectivity index (χ4v) is 5.22. The van der Waals surface area contributed by atoms with Crippen LogP contribution < -0.4 is 20.3 Å². The first-order valence-corrected chi connectivity index (χ1v) is 12.1. The van der Waals surface area contributed by atoms with Crippen molar-refractivity contribution in [3.8, 4) is 11.5 Å². The Bertz CT molecular complexity index is 1400. The van der Waals surface area contributed by atoms with Gasteiger partial charge in [0.15, 0.2) is 11.5 Å². The van der Waals surface area contributed by atoms with Crippen LogP contribution in [0.1, 0.15) is 31.4 Å². The second-order valence-corrected chi connectivity index (χ2v) is 9.63. The first-order valence-electron chi connectivity index (χ1n) is 10.9. The third kappa shape index (κ3) is 4.03. The topological polar surface area (TPSA) is 85.2 Å². The van der Waals surface area contributed by atoms with Crippen LogP contribution >= 0.6 is 24.0 Å². The molecular weight excluding hydrogens is 472 g/mol. The number of aromatic nitrogens is 2. The van der Waals surface area contributed by atoms with Crippen molar-refractivity contribution in [2.45, 2.75) is 32.9 Å². The monoisotopic (exact) mass is 494 g/mol. The summed E-state index contributed by atoms with van der Waals surface area (Å²) in [7, 11) is 0. The summed E-state index contributed by atoms with van der Waals surface area (Å²) in [6.07, 6.45) is 4.04. The number of benzene rings is 1. The standard InChI is InChI=1S/C24H22N4O4S2/c1-3-14(2)28-23(30)19(34-24(28)33)11-16-21(26-20-6-4-5-9-27(20)22(16)29)25-12-15-7-8-17-18(10-15)32-13-31-17/h4-11,14,25H,3,12-13H2,1-2H3. The number of rotatable bonds is 6. The minimum absolute atomic E-state index is 0.0159. The summed E-state index contributed by atoms with van der Waals surface area (Å²) < 4.78 is 12.8. The van der Waals surface area contributed by atoms with Gasteiger partial charge in [0.2, 0.25) is 6.79 Å². The summed E-state index contributed by atoms with van der Waals surface area (Å²) in [5.74, 6) is 1.58. The lowest BCUT2D eigenvalue weighted by atomic mass is 10.2. The summed E-state index contributed by atoms with van der Waals surface area (Å²) >= 11 is 6.65. The SMILES string of the molecule is CCC(C)N1C(=O)C(=Cc2c(NCc3ccc4c(c3)OCO4)nc3ccccn3c2=O)SC1=S. The zero-order chi connectivity index (χ0) is 23.8. The average molecular weight is 495 g/mol. The summed E-state index contributed by atoms with van der Waals surface area (Å²) in [5.41, 5.74) is 1.47. The van der Waals surface area contributed by atoms with Crippen LogP contribution in [0.5, 0.6) is 11.5 Å². The highest BCUT2D eigenvalue weighted by Gasteiger charge is 2.35. The van der Waals surface area contributed by atoms with E-state index < -0.39 is 0 Å². The number of hydrogen-bond acceptors (Lipinski definition) is 8. The van der Waals surface area contributed by atoms with Gasteiger partial charge in [-0.2, -0.15) is 0 Å². The molecule has 10 heteroatoms. The molecule has 2 aliphatic rings. The maximum Gasteiger partial charge on any atom is 0.267 e. The molecule has 5 rings (SSSR count). The molecule has 1 aromatic carbocycles. The number of amides is 1. The van der Waals surface area contributed by atoms with Gasteiger partial charge >= 0.3 is 0 Å². The van der Waals surface area contributed by atoms with Crippen LogP contribution in [0.25, 0.3) is 11.7 Å². The number of anilines is 1. The van der Waals surface area contributed by atoms with Crippen molar-refractivity contribution in [2.75, 3.05) is 12.1 Å². The maximum atomic E-state index is 13.4. The van der Waals surface area contributed by atoms with Crippen LogP contribution in [0.2, 0.25) is 0 Å². The number of carbonyl (C=O) groups excluding carboxylic acids is 1. The Hall–Kier alpha value is -3.37. The van der Waals surface area contributed by atoms with Gasteiger partial charge < -0.3 is 14.8 Å². The van der Waals surface area contributed by atoms with E-state index in [2.05, 4.69) is 10.3 Å². The molecule has 2 aliphatic heterocycles. The Labute approximate surface area is 205 Å². The van der Waals surface area contributed by atoms with Crippen molar-refractivity contribution in [2.24, 2.45) is 0 Å². The van der Waals surface area contributed by atoms with Gasteiger partial charge in [-0.3, -0.25) is 18.9 Å². The van der Waals surface area contributed by atoms with E-state index in [4.69, 9.17) is 21.7 Å². The van der Waals surface area contributed by atoms with Crippen LogP contribution in [0, 0.1) is 0 Å². The maximum absolute atomic E-state index is 13.4. The zero-order valence-electron chi connectivity index (χ0n) is 18.6. The van der Waals surface area contributed by atoms with Gasteiger partial charge in [-0.05, 0) is 49.2 Å². The molecule has 1 fully saturated rings. The summed E-state index contributed by atoms with van der Waals surface area (Å²) in [5, 5.41) is 3.27. The number of fused-ring (bicyclic) bond motifs is 2. The molecule has 0 aliphatic carbocycles. The molecule has 2 aromatic heterocycles. The van der Waals surface area contributed by atoms with Gasteiger partial charge in [-0.25, -0.2) is 4.98 Å². The van der Waals surface area contributed by atoms with Gasteiger partial charge in [-0.15, -0.1) is 0 Å². The molecule has 1 N–H and O–H groups in total. The molecule has 0 spiro atoms. The number of pyridine rings is 1. The van der Waals surface area contributed by atoms with E-state index in [9.17, 15) is 9.59 Å². The van der Waals surface area contributed by atoms with Crippen molar-refractivity contribution >= 4 is 51.7 Å². The molecule has 0 bridgehead atoms. The summed E-state index contributed by atoms with van der Waals surface area (Å²) in [6.45, 7) is 4.57. The fourth-order valence-electron chi connectivity index (χ4n) is 3.78. The van der Waals surface area contributed by atoms with Gasteiger partial charge in [0, 0.05) is 18.8 Å². The Morgan fingerprint density at radius 1 is 1.24 bits per heavy atom.